The first-order valence-electron chi connectivity index (χ1n) is 7.13. The molecular formula is C14H24ClN3O2. The molecule has 114 valence electrons. The molecule has 0 atom stereocenters. The molecule has 6 heteroatoms. The minimum absolute atomic E-state index is 0.190. The Hall–Kier alpha value is -1.07. The van der Waals surface area contributed by atoms with Crippen LogP contribution >= 0.6 is 11.6 Å². The van der Waals surface area contributed by atoms with E-state index in [2.05, 4.69) is 24.3 Å². The molecule has 0 amide bonds. The molecule has 0 aliphatic carbocycles. The Bertz CT molecular complexity index is 460. The number of hydrogen-bond acceptors (Lipinski definition) is 4. The average molecular weight is 302 g/mol. The van der Waals surface area contributed by atoms with Crippen LogP contribution in [0, 0.1) is 5.92 Å². The van der Waals surface area contributed by atoms with Gasteiger partial charge in [-0.3, -0.25) is 4.79 Å². The number of anilines is 1. The first kappa shape index (κ1) is 17.0. The lowest BCUT2D eigenvalue weighted by molar-refractivity contribution is 0.132. The molecule has 0 aliphatic heterocycles. The fourth-order valence-electron chi connectivity index (χ4n) is 1.64. The van der Waals surface area contributed by atoms with E-state index in [0.717, 1.165) is 19.4 Å². The van der Waals surface area contributed by atoms with Crippen molar-refractivity contribution in [1.29, 1.82) is 0 Å². The molecule has 1 heterocycles. The zero-order chi connectivity index (χ0) is 15.0. The maximum atomic E-state index is 11.9. The molecule has 0 saturated heterocycles. The molecule has 1 aromatic heterocycles. The van der Waals surface area contributed by atoms with Gasteiger partial charge in [-0.05, 0) is 18.8 Å². The lowest BCUT2D eigenvalue weighted by Gasteiger charge is -2.10. The van der Waals surface area contributed by atoms with Gasteiger partial charge in [0.2, 0.25) is 0 Å². The number of halogens is 1. The Kier molecular flexibility index (Phi) is 7.62. The van der Waals surface area contributed by atoms with E-state index in [1.807, 2.05) is 6.92 Å². The summed E-state index contributed by atoms with van der Waals surface area (Å²) in [7, 11) is 0. The van der Waals surface area contributed by atoms with E-state index in [0.29, 0.717) is 31.3 Å². The SMILES string of the molecule is CCCn1ncc(NCCOCCC(C)C)c(Cl)c1=O. The smallest absolute Gasteiger partial charge is 0.287 e. The minimum atomic E-state index is -0.251. The summed E-state index contributed by atoms with van der Waals surface area (Å²) >= 11 is 6.04. The van der Waals surface area contributed by atoms with Crippen LogP contribution in [-0.2, 0) is 11.3 Å². The third kappa shape index (κ3) is 5.51. The number of aromatic nitrogens is 2. The maximum Gasteiger partial charge on any atom is 0.287 e. The molecule has 0 unspecified atom stereocenters. The van der Waals surface area contributed by atoms with Gasteiger partial charge in [0, 0.05) is 19.7 Å². The molecule has 0 fully saturated rings. The van der Waals surface area contributed by atoms with Crippen molar-refractivity contribution in [2.75, 3.05) is 25.1 Å². The van der Waals surface area contributed by atoms with Gasteiger partial charge < -0.3 is 10.1 Å². The summed E-state index contributed by atoms with van der Waals surface area (Å²) in [5.41, 5.74) is 0.315. The monoisotopic (exact) mass is 301 g/mol. The van der Waals surface area contributed by atoms with E-state index in [1.165, 1.54) is 4.68 Å². The number of nitrogens with zero attached hydrogens (tertiary/aromatic N) is 2. The van der Waals surface area contributed by atoms with Crippen molar-refractivity contribution >= 4 is 17.3 Å². The lowest BCUT2D eigenvalue weighted by Crippen LogP contribution is -2.24. The normalized spacial score (nSPS) is 11.1. The number of nitrogens with one attached hydrogen (secondary N) is 1. The van der Waals surface area contributed by atoms with Gasteiger partial charge >= 0.3 is 0 Å². The van der Waals surface area contributed by atoms with E-state index in [4.69, 9.17) is 16.3 Å². The number of aryl methyl sites for hydroxylation is 1. The Morgan fingerprint density at radius 2 is 2.20 bits per heavy atom. The minimum Gasteiger partial charge on any atom is -0.380 e. The largest absolute Gasteiger partial charge is 0.380 e. The van der Waals surface area contributed by atoms with Crippen LogP contribution in [-0.4, -0.2) is 29.5 Å². The third-order valence-corrected chi connectivity index (χ3v) is 3.19. The second-order valence-corrected chi connectivity index (χ2v) is 5.50. The zero-order valence-electron chi connectivity index (χ0n) is 12.5. The van der Waals surface area contributed by atoms with Gasteiger partial charge in [0.25, 0.3) is 5.56 Å². The van der Waals surface area contributed by atoms with Crippen molar-refractivity contribution in [2.45, 2.75) is 40.2 Å². The van der Waals surface area contributed by atoms with Crippen molar-refractivity contribution in [1.82, 2.24) is 9.78 Å². The van der Waals surface area contributed by atoms with Crippen LogP contribution < -0.4 is 10.9 Å². The van der Waals surface area contributed by atoms with Crippen molar-refractivity contribution in [3.8, 4) is 0 Å². The molecule has 1 rings (SSSR count). The van der Waals surface area contributed by atoms with Gasteiger partial charge in [0.05, 0.1) is 18.5 Å². The summed E-state index contributed by atoms with van der Waals surface area (Å²) in [6.45, 7) is 8.85. The van der Waals surface area contributed by atoms with E-state index in [-0.39, 0.29) is 10.6 Å². The van der Waals surface area contributed by atoms with Crippen LogP contribution in [0.15, 0.2) is 11.0 Å². The van der Waals surface area contributed by atoms with Crippen molar-refractivity contribution in [3.05, 3.63) is 21.6 Å². The molecule has 0 aliphatic rings. The summed E-state index contributed by atoms with van der Waals surface area (Å²) in [6.07, 6.45) is 3.49. The van der Waals surface area contributed by atoms with Crippen LogP contribution in [0.2, 0.25) is 5.02 Å². The highest BCUT2D eigenvalue weighted by molar-refractivity contribution is 6.32. The predicted molar refractivity (Wildman–Crippen MR) is 82.6 cm³/mol. The number of rotatable bonds is 9. The summed E-state index contributed by atoms with van der Waals surface area (Å²) in [4.78, 5) is 11.9. The first-order chi connectivity index (χ1) is 9.56. The predicted octanol–water partition coefficient (Wildman–Crippen LogP) is 2.78. The Morgan fingerprint density at radius 1 is 1.45 bits per heavy atom. The van der Waals surface area contributed by atoms with Crippen LogP contribution in [0.25, 0.3) is 0 Å². The fraction of sp³-hybridized carbons (Fsp3) is 0.714. The first-order valence-corrected chi connectivity index (χ1v) is 7.51. The fourth-order valence-corrected chi connectivity index (χ4v) is 1.85. The Morgan fingerprint density at radius 3 is 2.85 bits per heavy atom. The van der Waals surface area contributed by atoms with E-state index < -0.39 is 0 Å². The molecule has 0 bridgehead atoms. The lowest BCUT2D eigenvalue weighted by atomic mass is 10.1. The van der Waals surface area contributed by atoms with Crippen molar-refractivity contribution in [3.63, 3.8) is 0 Å². The molecule has 0 spiro atoms. The average Bonchev–Trinajstić information content (AvgIpc) is 2.41. The molecule has 0 radical (unpaired) electrons. The van der Waals surface area contributed by atoms with Crippen LogP contribution in [0.4, 0.5) is 5.69 Å². The number of hydrogen-bond donors (Lipinski definition) is 1. The highest BCUT2D eigenvalue weighted by atomic mass is 35.5. The summed E-state index contributed by atoms with van der Waals surface area (Å²) < 4.78 is 6.87. The van der Waals surface area contributed by atoms with Gasteiger partial charge in [0.1, 0.15) is 5.02 Å². The Balaban J connectivity index is 2.41. The van der Waals surface area contributed by atoms with Gasteiger partial charge in [-0.1, -0.05) is 32.4 Å². The summed E-state index contributed by atoms with van der Waals surface area (Å²) in [5, 5.41) is 7.35. The van der Waals surface area contributed by atoms with Crippen LogP contribution in [0.5, 0.6) is 0 Å². The molecule has 1 aromatic rings. The van der Waals surface area contributed by atoms with Crippen molar-refractivity contribution < 1.29 is 4.74 Å². The topological polar surface area (TPSA) is 56.1 Å². The van der Waals surface area contributed by atoms with Gasteiger partial charge in [-0.25, -0.2) is 4.68 Å². The van der Waals surface area contributed by atoms with Crippen LogP contribution in [0.1, 0.15) is 33.6 Å². The highest BCUT2D eigenvalue weighted by Crippen LogP contribution is 2.14. The maximum absolute atomic E-state index is 11.9. The molecule has 0 aromatic carbocycles. The third-order valence-electron chi connectivity index (χ3n) is 2.82. The van der Waals surface area contributed by atoms with Crippen LogP contribution in [0.3, 0.4) is 0 Å². The highest BCUT2D eigenvalue weighted by Gasteiger charge is 2.08. The summed E-state index contributed by atoms with van der Waals surface area (Å²) in [6, 6.07) is 0. The van der Waals surface area contributed by atoms with Gasteiger partial charge in [-0.15, -0.1) is 0 Å². The summed E-state index contributed by atoms with van der Waals surface area (Å²) in [5.74, 6) is 0.646. The van der Waals surface area contributed by atoms with Crippen molar-refractivity contribution in [2.24, 2.45) is 5.92 Å². The Labute approximate surface area is 125 Å². The number of ether oxygens (including phenoxy) is 1. The second-order valence-electron chi connectivity index (χ2n) is 5.12. The van der Waals surface area contributed by atoms with E-state index in [1.54, 1.807) is 6.20 Å². The molecule has 0 saturated carbocycles. The zero-order valence-corrected chi connectivity index (χ0v) is 13.2. The molecule has 1 N–H and O–H groups in total. The molecule has 5 nitrogen and oxygen atoms in total. The van der Waals surface area contributed by atoms with Gasteiger partial charge in [0.15, 0.2) is 0 Å². The molecule has 20 heavy (non-hydrogen) atoms. The van der Waals surface area contributed by atoms with E-state index >= 15 is 0 Å². The van der Waals surface area contributed by atoms with E-state index in [9.17, 15) is 4.79 Å². The van der Waals surface area contributed by atoms with Gasteiger partial charge in [-0.2, -0.15) is 5.10 Å². The molecular weight excluding hydrogens is 278 g/mol. The second kappa shape index (κ2) is 8.97. The standard InChI is InChI=1S/C14H24ClN3O2/c1-4-7-18-14(19)13(15)12(10-17-18)16-6-9-20-8-5-11(2)3/h10-11,16H,4-9H2,1-3H3. The quantitative estimate of drug-likeness (QED) is 0.713.